The van der Waals surface area contributed by atoms with Crippen molar-refractivity contribution in [2.45, 2.75) is 59.3 Å². The number of rotatable bonds is 4. The molecule has 0 radical (unpaired) electrons. The summed E-state index contributed by atoms with van der Waals surface area (Å²) in [6.45, 7) is 7.17. The minimum absolute atomic E-state index is 0.731. The smallest absolute Gasteiger partial charge is 0.0300 e. The lowest BCUT2D eigenvalue weighted by atomic mass is 9.60. The molecule has 1 aliphatic rings. The Morgan fingerprint density at radius 2 is 2.09 bits per heavy atom. The van der Waals surface area contributed by atoms with Gasteiger partial charge in [0.1, 0.15) is 0 Å². The highest BCUT2D eigenvalue weighted by atomic mass is 14.4. The summed E-state index contributed by atoms with van der Waals surface area (Å²) in [5, 5.41) is 0. The van der Waals surface area contributed by atoms with E-state index in [2.05, 4.69) is 20.8 Å². The third-order valence-corrected chi connectivity index (χ3v) is 3.69. The highest BCUT2D eigenvalue weighted by Gasteiger charge is 2.38. The average Bonchev–Trinajstić information content (AvgIpc) is 2.02. The van der Waals surface area contributed by atoms with Crippen molar-refractivity contribution in [1.29, 1.82) is 0 Å². The van der Waals surface area contributed by atoms with Crippen molar-refractivity contribution in [2.24, 2.45) is 11.3 Å². The maximum Gasteiger partial charge on any atom is -0.0300 e. The van der Waals surface area contributed by atoms with Gasteiger partial charge in [-0.3, -0.25) is 0 Å². The van der Waals surface area contributed by atoms with Gasteiger partial charge in [0.25, 0.3) is 0 Å². The molecule has 0 saturated heterocycles. The topological polar surface area (TPSA) is 0 Å². The van der Waals surface area contributed by atoms with Crippen LogP contribution in [0.4, 0.5) is 0 Å². The molecule has 0 aromatic heterocycles. The van der Waals surface area contributed by atoms with Crippen LogP contribution in [0.15, 0.2) is 0 Å². The van der Waals surface area contributed by atoms with Crippen LogP contribution in [0.5, 0.6) is 0 Å². The van der Waals surface area contributed by atoms with Crippen molar-refractivity contribution in [1.82, 2.24) is 0 Å². The van der Waals surface area contributed by atoms with Gasteiger partial charge in [-0.1, -0.05) is 40.0 Å². The largest absolute Gasteiger partial charge is 0.0654 e. The second-order valence-corrected chi connectivity index (χ2v) is 4.55. The molecule has 2 unspecified atom stereocenters. The summed E-state index contributed by atoms with van der Waals surface area (Å²) in [7, 11) is 0. The van der Waals surface area contributed by atoms with Gasteiger partial charge in [0, 0.05) is 0 Å². The first-order chi connectivity index (χ1) is 5.19. The van der Waals surface area contributed by atoms with E-state index in [0.29, 0.717) is 0 Å². The number of hydrogen-bond donors (Lipinski definition) is 0. The van der Waals surface area contributed by atoms with Crippen LogP contribution in [-0.4, -0.2) is 0 Å². The summed E-state index contributed by atoms with van der Waals surface area (Å²) in [5.74, 6) is 0.999. The second kappa shape index (κ2) is 3.60. The molecular formula is C11H22. The molecule has 0 heterocycles. The monoisotopic (exact) mass is 154 g/mol. The van der Waals surface area contributed by atoms with Crippen molar-refractivity contribution >= 4 is 0 Å². The minimum Gasteiger partial charge on any atom is -0.0654 e. The Bertz CT molecular complexity index is 117. The van der Waals surface area contributed by atoms with E-state index in [9.17, 15) is 0 Å². The summed E-state index contributed by atoms with van der Waals surface area (Å²) in [4.78, 5) is 0. The van der Waals surface area contributed by atoms with Crippen LogP contribution in [0.1, 0.15) is 59.3 Å². The van der Waals surface area contributed by atoms with E-state index in [-0.39, 0.29) is 0 Å². The van der Waals surface area contributed by atoms with Crippen LogP contribution in [0.25, 0.3) is 0 Å². The van der Waals surface area contributed by atoms with Crippen molar-refractivity contribution in [2.75, 3.05) is 0 Å². The Balaban J connectivity index is 2.14. The van der Waals surface area contributed by atoms with Crippen molar-refractivity contribution in [3.05, 3.63) is 0 Å². The van der Waals surface area contributed by atoms with E-state index in [1.807, 2.05) is 0 Å². The molecule has 0 spiro atoms. The van der Waals surface area contributed by atoms with Crippen LogP contribution in [0.3, 0.4) is 0 Å². The lowest BCUT2D eigenvalue weighted by Gasteiger charge is -2.46. The number of hydrogen-bond acceptors (Lipinski definition) is 0. The molecule has 0 aromatic carbocycles. The van der Waals surface area contributed by atoms with E-state index in [4.69, 9.17) is 0 Å². The molecule has 2 atom stereocenters. The van der Waals surface area contributed by atoms with Gasteiger partial charge in [-0.25, -0.2) is 0 Å². The normalized spacial score (nSPS) is 36.8. The standard InChI is InChI=1S/C11H22/c1-4-5-6-8-11(3)9-7-10(11)2/h10H,4-9H2,1-3H3. The van der Waals surface area contributed by atoms with Gasteiger partial charge in [0.15, 0.2) is 0 Å². The first-order valence-electron chi connectivity index (χ1n) is 5.19. The summed E-state index contributed by atoms with van der Waals surface area (Å²) >= 11 is 0. The van der Waals surface area contributed by atoms with Gasteiger partial charge >= 0.3 is 0 Å². The quantitative estimate of drug-likeness (QED) is 0.537. The average molecular weight is 154 g/mol. The van der Waals surface area contributed by atoms with E-state index in [1.165, 1.54) is 38.5 Å². The minimum atomic E-state index is 0.731. The molecule has 0 N–H and O–H groups in total. The highest BCUT2D eigenvalue weighted by Crippen LogP contribution is 2.49. The van der Waals surface area contributed by atoms with Crippen molar-refractivity contribution in [3.8, 4) is 0 Å². The van der Waals surface area contributed by atoms with Gasteiger partial charge in [0.05, 0.1) is 0 Å². The van der Waals surface area contributed by atoms with Crippen LogP contribution in [0.2, 0.25) is 0 Å². The molecule has 0 bridgehead atoms. The fourth-order valence-electron chi connectivity index (χ4n) is 2.08. The molecule has 0 amide bonds. The lowest BCUT2D eigenvalue weighted by molar-refractivity contribution is 0.0524. The van der Waals surface area contributed by atoms with Crippen LogP contribution < -0.4 is 0 Å². The fourth-order valence-corrected chi connectivity index (χ4v) is 2.08. The first kappa shape index (κ1) is 9.09. The maximum absolute atomic E-state index is 2.47. The third-order valence-electron chi connectivity index (χ3n) is 3.69. The maximum atomic E-state index is 2.47. The van der Waals surface area contributed by atoms with Gasteiger partial charge in [-0.15, -0.1) is 0 Å². The van der Waals surface area contributed by atoms with Crippen molar-refractivity contribution in [3.63, 3.8) is 0 Å². The predicted octanol–water partition coefficient (Wildman–Crippen LogP) is 4.00. The molecule has 0 nitrogen and oxygen atoms in total. The molecule has 0 aromatic rings. The molecule has 1 aliphatic carbocycles. The molecule has 1 rings (SSSR count). The Kier molecular flexibility index (Phi) is 2.98. The molecule has 11 heavy (non-hydrogen) atoms. The Morgan fingerprint density at radius 1 is 1.36 bits per heavy atom. The predicted molar refractivity (Wildman–Crippen MR) is 50.6 cm³/mol. The van der Waals surface area contributed by atoms with Gasteiger partial charge < -0.3 is 0 Å². The van der Waals surface area contributed by atoms with Crippen molar-refractivity contribution < 1.29 is 0 Å². The van der Waals surface area contributed by atoms with E-state index >= 15 is 0 Å². The van der Waals surface area contributed by atoms with Crippen LogP contribution in [-0.2, 0) is 0 Å². The zero-order valence-corrected chi connectivity index (χ0v) is 8.32. The molecule has 0 aliphatic heterocycles. The summed E-state index contributed by atoms with van der Waals surface area (Å²) in [5.41, 5.74) is 0.731. The third kappa shape index (κ3) is 1.98. The van der Waals surface area contributed by atoms with Crippen LogP contribution >= 0.6 is 0 Å². The second-order valence-electron chi connectivity index (χ2n) is 4.55. The lowest BCUT2D eigenvalue weighted by Crippen LogP contribution is -2.35. The molecule has 1 saturated carbocycles. The van der Waals surface area contributed by atoms with Gasteiger partial charge in [-0.2, -0.15) is 0 Å². The molecule has 0 heteroatoms. The molecule has 1 fully saturated rings. The zero-order valence-electron chi connectivity index (χ0n) is 8.32. The van der Waals surface area contributed by atoms with Gasteiger partial charge in [0.2, 0.25) is 0 Å². The number of unbranched alkanes of at least 4 members (excludes halogenated alkanes) is 2. The highest BCUT2D eigenvalue weighted by molar-refractivity contribution is 4.89. The van der Waals surface area contributed by atoms with Crippen LogP contribution in [0, 0.1) is 11.3 Å². The molecular weight excluding hydrogens is 132 g/mol. The zero-order chi connectivity index (χ0) is 8.32. The summed E-state index contributed by atoms with van der Waals surface area (Å²) in [6.07, 6.45) is 8.69. The van der Waals surface area contributed by atoms with Gasteiger partial charge in [-0.05, 0) is 30.6 Å². The van der Waals surface area contributed by atoms with E-state index in [1.54, 1.807) is 0 Å². The first-order valence-corrected chi connectivity index (χ1v) is 5.19. The Labute approximate surface area is 71.4 Å². The Hall–Kier alpha value is 0. The SMILES string of the molecule is CCCCCC1(C)CCC1C. The fraction of sp³-hybridized carbons (Fsp3) is 1.00. The van der Waals surface area contributed by atoms with E-state index in [0.717, 1.165) is 11.3 Å². The summed E-state index contributed by atoms with van der Waals surface area (Å²) in [6, 6.07) is 0. The molecule has 66 valence electrons. The van der Waals surface area contributed by atoms with E-state index < -0.39 is 0 Å². The summed E-state index contributed by atoms with van der Waals surface area (Å²) < 4.78 is 0. The Morgan fingerprint density at radius 3 is 2.45 bits per heavy atom.